The van der Waals surface area contributed by atoms with Gasteiger partial charge in [-0.3, -0.25) is 0 Å². The van der Waals surface area contributed by atoms with E-state index in [4.69, 9.17) is 10.5 Å². The highest BCUT2D eigenvalue weighted by Crippen LogP contribution is 2.18. The molecule has 0 spiro atoms. The molecule has 2 N–H and O–H groups in total. The van der Waals surface area contributed by atoms with Gasteiger partial charge in [0.2, 0.25) is 0 Å². The summed E-state index contributed by atoms with van der Waals surface area (Å²) in [4.78, 5) is 4.64. The van der Waals surface area contributed by atoms with Crippen LogP contribution in [0.1, 0.15) is 17.8 Å². The van der Waals surface area contributed by atoms with Crippen molar-refractivity contribution in [3.05, 3.63) is 35.8 Å². The second-order valence-corrected chi connectivity index (χ2v) is 4.62. The van der Waals surface area contributed by atoms with Crippen molar-refractivity contribution in [2.75, 3.05) is 13.2 Å². The Kier molecular flexibility index (Phi) is 2.82. The minimum atomic E-state index is 0.541. The number of pyridine rings is 1. The highest BCUT2D eigenvalue weighted by atomic mass is 16.5. The largest absolute Gasteiger partial charge is 0.381 e. The zero-order chi connectivity index (χ0) is 11.7. The van der Waals surface area contributed by atoms with Gasteiger partial charge in [0.1, 0.15) is 5.65 Å². The van der Waals surface area contributed by atoms with Crippen molar-refractivity contribution in [2.45, 2.75) is 19.4 Å². The Bertz CT molecular complexity index is 514. The lowest BCUT2D eigenvalue weighted by Crippen LogP contribution is -2.04. The van der Waals surface area contributed by atoms with Gasteiger partial charge in [-0.1, -0.05) is 6.07 Å². The molecule has 17 heavy (non-hydrogen) atoms. The van der Waals surface area contributed by atoms with E-state index in [0.717, 1.165) is 43.1 Å². The first-order valence-electron chi connectivity index (χ1n) is 6.10. The Morgan fingerprint density at radius 1 is 1.47 bits per heavy atom. The van der Waals surface area contributed by atoms with Crippen LogP contribution in [-0.4, -0.2) is 22.6 Å². The molecule has 0 saturated carbocycles. The summed E-state index contributed by atoms with van der Waals surface area (Å²) in [6.45, 7) is 2.31. The smallest absolute Gasteiger partial charge is 0.137 e. The number of aromatic nitrogens is 2. The van der Waals surface area contributed by atoms with Crippen LogP contribution in [0.2, 0.25) is 0 Å². The molecule has 3 rings (SSSR count). The summed E-state index contributed by atoms with van der Waals surface area (Å²) in [5.74, 6) is 0.626. The van der Waals surface area contributed by atoms with Crippen LogP contribution in [0.15, 0.2) is 24.4 Å². The molecule has 2 aromatic heterocycles. The maximum absolute atomic E-state index is 5.72. The van der Waals surface area contributed by atoms with Crippen LogP contribution in [0.3, 0.4) is 0 Å². The quantitative estimate of drug-likeness (QED) is 0.868. The first-order valence-corrected chi connectivity index (χ1v) is 6.10. The number of rotatable bonds is 3. The third-order valence-corrected chi connectivity index (χ3v) is 3.36. The Hall–Kier alpha value is -1.39. The Labute approximate surface area is 100 Å². The lowest BCUT2D eigenvalue weighted by Gasteiger charge is -2.02. The van der Waals surface area contributed by atoms with E-state index in [-0.39, 0.29) is 0 Å². The predicted octanol–water partition coefficient (Wildman–Crippen LogP) is 1.37. The number of hydrogen-bond donors (Lipinski definition) is 1. The Morgan fingerprint density at radius 3 is 3.18 bits per heavy atom. The second-order valence-electron chi connectivity index (χ2n) is 4.62. The third-order valence-electron chi connectivity index (χ3n) is 3.36. The minimum absolute atomic E-state index is 0.541. The molecule has 3 heterocycles. The van der Waals surface area contributed by atoms with Crippen LogP contribution in [0.5, 0.6) is 0 Å². The van der Waals surface area contributed by atoms with Crippen molar-refractivity contribution in [3.63, 3.8) is 0 Å². The van der Waals surface area contributed by atoms with Gasteiger partial charge in [0, 0.05) is 31.6 Å². The average Bonchev–Trinajstić information content (AvgIpc) is 2.97. The maximum Gasteiger partial charge on any atom is 0.137 e. The van der Waals surface area contributed by atoms with Crippen molar-refractivity contribution in [1.29, 1.82) is 0 Å². The molecular formula is C13H17N3O. The van der Waals surface area contributed by atoms with Gasteiger partial charge in [0.25, 0.3) is 0 Å². The van der Waals surface area contributed by atoms with Gasteiger partial charge in [-0.15, -0.1) is 0 Å². The molecule has 90 valence electrons. The molecule has 0 amide bonds. The van der Waals surface area contributed by atoms with Crippen LogP contribution in [0.4, 0.5) is 0 Å². The van der Waals surface area contributed by atoms with Crippen molar-refractivity contribution >= 4 is 5.65 Å². The third kappa shape index (κ3) is 2.06. The summed E-state index contributed by atoms with van der Waals surface area (Å²) in [5, 5.41) is 0. The van der Waals surface area contributed by atoms with E-state index in [0.29, 0.717) is 12.5 Å². The van der Waals surface area contributed by atoms with E-state index in [1.807, 2.05) is 18.2 Å². The molecule has 1 aliphatic heterocycles. The zero-order valence-corrected chi connectivity index (χ0v) is 9.80. The average molecular weight is 231 g/mol. The zero-order valence-electron chi connectivity index (χ0n) is 9.80. The molecule has 1 unspecified atom stereocenters. The first kappa shape index (κ1) is 10.7. The van der Waals surface area contributed by atoms with Gasteiger partial charge in [-0.05, 0) is 30.9 Å². The van der Waals surface area contributed by atoms with Gasteiger partial charge in [0.05, 0.1) is 5.69 Å². The molecule has 0 bridgehead atoms. The Balaban J connectivity index is 1.90. The van der Waals surface area contributed by atoms with Gasteiger partial charge in [-0.25, -0.2) is 4.98 Å². The number of nitrogens with two attached hydrogens (primary N) is 1. The minimum Gasteiger partial charge on any atom is -0.381 e. The summed E-state index contributed by atoms with van der Waals surface area (Å²) in [6.07, 6.45) is 4.26. The topological polar surface area (TPSA) is 52.5 Å². The van der Waals surface area contributed by atoms with Gasteiger partial charge < -0.3 is 14.9 Å². The number of nitrogens with zero attached hydrogens (tertiary/aromatic N) is 2. The normalized spacial score (nSPS) is 20.2. The van der Waals surface area contributed by atoms with Crippen molar-refractivity contribution in [3.8, 4) is 0 Å². The summed E-state index contributed by atoms with van der Waals surface area (Å²) < 4.78 is 7.48. The van der Waals surface area contributed by atoms with Crippen molar-refractivity contribution in [2.24, 2.45) is 11.7 Å². The van der Waals surface area contributed by atoms with Crippen LogP contribution in [0, 0.1) is 5.92 Å². The fraction of sp³-hybridized carbons (Fsp3) is 0.462. The van der Waals surface area contributed by atoms with Gasteiger partial charge in [-0.2, -0.15) is 0 Å². The number of imidazole rings is 1. The fourth-order valence-electron chi connectivity index (χ4n) is 2.42. The molecule has 1 atom stereocenters. The van der Waals surface area contributed by atoms with Crippen LogP contribution < -0.4 is 5.73 Å². The maximum atomic E-state index is 5.72. The lowest BCUT2D eigenvalue weighted by molar-refractivity contribution is 0.185. The van der Waals surface area contributed by atoms with Crippen molar-refractivity contribution < 1.29 is 4.74 Å². The molecule has 1 saturated heterocycles. The number of ether oxygens (including phenoxy) is 1. The molecule has 4 nitrogen and oxygen atoms in total. The first-order chi connectivity index (χ1) is 8.36. The van der Waals surface area contributed by atoms with E-state index < -0.39 is 0 Å². The summed E-state index contributed by atoms with van der Waals surface area (Å²) in [5.41, 5.74) is 8.95. The summed E-state index contributed by atoms with van der Waals surface area (Å²) in [7, 11) is 0. The summed E-state index contributed by atoms with van der Waals surface area (Å²) >= 11 is 0. The van der Waals surface area contributed by atoms with Crippen molar-refractivity contribution in [1.82, 2.24) is 9.38 Å². The second kappa shape index (κ2) is 4.47. The molecule has 0 aliphatic carbocycles. The number of fused-ring (bicyclic) bond motifs is 1. The van der Waals surface area contributed by atoms with Gasteiger partial charge >= 0.3 is 0 Å². The standard InChI is InChI=1S/C13H17N3O/c14-7-12-2-1-3-13-15-11(8-16(12)13)6-10-4-5-17-9-10/h1-3,8,10H,4-7,9,14H2. The predicted molar refractivity (Wildman–Crippen MR) is 65.7 cm³/mol. The van der Waals surface area contributed by atoms with Crippen LogP contribution >= 0.6 is 0 Å². The molecule has 4 heteroatoms. The monoisotopic (exact) mass is 231 g/mol. The van der Waals surface area contributed by atoms with Crippen LogP contribution in [-0.2, 0) is 17.7 Å². The number of hydrogen-bond acceptors (Lipinski definition) is 3. The van der Waals surface area contributed by atoms with E-state index in [2.05, 4.69) is 15.6 Å². The molecule has 0 radical (unpaired) electrons. The lowest BCUT2D eigenvalue weighted by atomic mass is 10.0. The van der Waals surface area contributed by atoms with Crippen LogP contribution in [0.25, 0.3) is 5.65 Å². The van der Waals surface area contributed by atoms with E-state index in [1.54, 1.807) is 0 Å². The van der Waals surface area contributed by atoms with E-state index in [1.165, 1.54) is 0 Å². The SMILES string of the molecule is NCc1cccc2nc(CC3CCOC3)cn12. The fourth-order valence-corrected chi connectivity index (χ4v) is 2.42. The Morgan fingerprint density at radius 2 is 2.41 bits per heavy atom. The molecule has 1 fully saturated rings. The summed E-state index contributed by atoms with van der Waals surface area (Å²) in [6, 6.07) is 6.07. The van der Waals surface area contributed by atoms with Gasteiger partial charge in [0.15, 0.2) is 0 Å². The molecule has 2 aromatic rings. The highest BCUT2D eigenvalue weighted by Gasteiger charge is 2.17. The van der Waals surface area contributed by atoms with E-state index in [9.17, 15) is 0 Å². The molecule has 0 aromatic carbocycles. The molecular weight excluding hydrogens is 214 g/mol. The van der Waals surface area contributed by atoms with E-state index >= 15 is 0 Å². The molecule has 1 aliphatic rings. The highest BCUT2D eigenvalue weighted by molar-refractivity contribution is 5.41.